The monoisotopic (exact) mass is 444 g/mol. The number of nitrogens with two attached hydrogens (primary N) is 1. The number of benzene rings is 3. The summed E-state index contributed by atoms with van der Waals surface area (Å²) in [4.78, 5) is 25.1. The highest BCUT2D eigenvalue weighted by molar-refractivity contribution is 6.62. The van der Waals surface area contributed by atoms with Crippen LogP contribution >= 0.6 is 0 Å². The standard InChI is InChI=1S/C26H29BN2O4/c1-25(2)26(3,4)33-27(32-25)19-14-12-17(13-15-19)16-22(23(28)30)29-24(31)21-11-7-9-18-8-5-6-10-20(18)21/h5-15,22H,16H2,1-4H3,(H2,28,30)(H,29,31)/t22-/m0/s1. The maximum Gasteiger partial charge on any atom is 0.494 e. The highest BCUT2D eigenvalue weighted by Crippen LogP contribution is 2.36. The molecule has 3 N–H and O–H groups in total. The van der Waals surface area contributed by atoms with E-state index in [-0.39, 0.29) is 12.3 Å². The van der Waals surface area contributed by atoms with Crippen molar-refractivity contribution in [1.29, 1.82) is 0 Å². The summed E-state index contributed by atoms with van der Waals surface area (Å²) in [6.07, 6.45) is 0.287. The Morgan fingerprint density at radius 1 is 0.909 bits per heavy atom. The molecule has 170 valence electrons. The predicted octanol–water partition coefficient (Wildman–Crippen LogP) is 2.97. The summed E-state index contributed by atoms with van der Waals surface area (Å²) < 4.78 is 12.2. The summed E-state index contributed by atoms with van der Waals surface area (Å²) in [5, 5.41) is 4.59. The van der Waals surface area contributed by atoms with Crippen LogP contribution in [0.1, 0.15) is 43.6 Å². The van der Waals surface area contributed by atoms with Gasteiger partial charge in [-0.25, -0.2) is 0 Å². The molecule has 1 saturated heterocycles. The van der Waals surface area contributed by atoms with Crippen LogP contribution in [0.3, 0.4) is 0 Å². The Hall–Kier alpha value is -3.16. The quantitative estimate of drug-likeness (QED) is 0.572. The van der Waals surface area contributed by atoms with Crippen LogP contribution in [0, 0.1) is 0 Å². The lowest BCUT2D eigenvalue weighted by Crippen LogP contribution is -2.46. The fourth-order valence-electron chi connectivity index (χ4n) is 3.91. The Balaban J connectivity index is 1.47. The van der Waals surface area contributed by atoms with Crippen LogP contribution in [0.2, 0.25) is 0 Å². The van der Waals surface area contributed by atoms with Gasteiger partial charge in [0.1, 0.15) is 6.04 Å². The minimum atomic E-state index is -0.834. The minimum absolute atomic E-state index is 0.287. The van der Waals surface area contributed by atoms with E-state index in [1.165, 1.54) is 0 Å². The van der Waals surface area contributed by atoms with Gasteiger partial charge in [-0.3, -0.25) is 9.59 Å². The van der Waals surface area contributed by atoms with Gasteiger partial charge in [0.15, 0.2) is 0 Å². The minimum Gasteiger partial charge on any atom is -0.399 e. The molecular formula is C26H29BN2O4. The van der Waals surface area contributed by atoms with Gasteiger partial charge in [-0.05, 0) is 55.6 Å². The van der Waals surface area contributed by atoms with E-state index in [9.17, 15) is 9.59 Å². The van der Waals surface area contributed by atoms with Gasteiger partial charge in [-0.15, -0.1) is 0 Å². The first-order valence-electron chi connectivity index (χ1n) is 11.1. The lowest BCUT2D eigenvalue weighted by Gasteiger charge is -2.32. The molecule has 0 saturated carbocycles. The van der Waals surface area contributed by atoms with E-state index >= 15 is 0 Å². The summed E-state index contributed by atoms with van der Waals surface area (Å²) in [5.41, 5.74) is 7.06. The maximum atomic E-state index is 13.0. The second-order valence-electron chi connectivity index (χ2n) is 9.49. The maximum absolute atomic E-state index is 13.0. The normalized spacial score (nSPS) is 17.6. The molecule has 0 spiro atoms. The molecule has 0 aromatic heterocycles. The van der Waals surface area contributed by atoms with Crippen LogP contribution < -0.4 is 16.5 Å². The van der Waals surface area contributed by atoms with Gasteiger partial charge in [0, 0.05) is 12.0 Å². The molecule has 2 amide bonds. The molecule has 3 aromatic rings. The molecule has 33 heavy (non-hydrogen) atoms. The van der Waals surface area contributed by atoms with Crippen molar-refractivity contribution in [3.05, 3.63) is 77.9 Å². The van der Waals surface area contributed by atoms with Gasteiger partial charge in [-0.1, -0.05) is 60.7 Å². The molecule has 1 fully saturated rings. The molecule has 0 aliphatic carbocycles. The summed E-state index contributed by atoms with van der Waals surface area (Å²) >= 11 is 0. The number of carbonyl (C=O) groups is 2. The van der Waals surface area contributed by atoms with Gasteiger partial charge in [0.2, 0.25) is 5.91 Å². The Morgan fingerprint density at radius 3 is 2.15 bits per heavy atom. The first-order chi connectivity index (χ1) is 15.6. The molecule has 7 heteroatoms. The third kappa shape index (κ3) is 4.65. The third-order valence-electron chi connectivity index (χ3n) is 6.63. The van der Waals surface area contributed by atoms with Crippen molar-refractivity contribution in [2.75, 3.05) is 0 Å². The molecule has 0 unspecified atom stereocenters. The zero-order chi connectivity index (χ0) is 23.8. The fourth-order valence-corrected chi connectivity index (χ4v) is 3.91. The van der Waals surface area contributed by atoms with Crippen LogP contribution in [0.25, 0.3) is 10.8 Å². The van der Waals surface area contributed by atoms with Gasteiger partial charge in [0.05, 0.1) is 11.2 Å². The van der Waals surface area contributed by atoms with E-state index in [2.05, 4.69) is 5.32 Å². The molecule has 0 radical (unpaired) electrons. The van der Waals surface area contributed by atoms with E-state index < -0.39 is 30.3 Å². The fraction of sp³-hybridized carbons (Fsp3) is 0.308. The van der Waals surface area contributed by atoms with Crippen LogP contribution in [0.5, 0.6) is 0 Å². The van der Waals surface area contributed by atoms with Crippen molar-refractivity contribution in [3.63, 3.8) is 0 Å². The number of nitrogens with one attached hydrogen (secondary N) is 1. The largest absolute Gasteiger partial charge is 0.494 e. The van der Waals surface area contributed by atoms with Crippen molar-refractivity contribution in [1.82, 2.24) is 5.32 Å². The number of fused-ring (bicyclic) bond motifs is 1. The molecule has 1 aliphatic heterocycles. The van der Waals surface area contributed by atoms with E-state index in [1.807, 2.05) is 88.4 Å². The molecule has 4 rings (SSSR count). The SMILES string of the molecule is CC1(C)OB(c2ccc(C[C@H](NC(=O)c3cccc4ccccc34)C(N)=O)cc2)OC1(C)C. The lowest BCUT2D eigenvalue weighted by atomic mass is 9.78. The van der Waals surface area contributed by atoms with Crippen LogP contribution in [-0.4, -0.2) is 36.2 Å². The van der Waals surface area contributed by atoms with Gasteiger partial charge in [0.25, 0.3) is 5.91 Å². The van der Waals surface area contributed by atoms with Crippen molar-refractivity contribution < 1.29 is 18.9 Å². The second-order valence-corrected chi connectivity index (χ2v) is 9.49. The molecule has 1 atom stereocenters. The first kappa shape index (κ1) is 23.0. The van der Waals surface area contributed by atoms with Crippen molar-refractivity contribution in [3.8, 4) is 0 Å². The molecule has 1 heterocycles. The third-order valence-corrected chi connectivity index (χ3v) is 6.63. The lowest BCUT2D eigenvalue weighted by molar-refractivity contribution is -0.119. The van der Waals surface area contributed by atoms with Crippen LogP contribution in [-0.2, 0) is 20.5 Å². The highest BCUT2D eigenvalue weighted by Gasteiger charge is 2.51. The Kier molecular flexibility index (Phi) is 6.03. The molecule has 6 nitrogen and oxygen atoms in total. The number of amides is 2. The number of primary amides is 1. The van der Waals surface area contributed by atoms with E-state index in [0.717, 1.165) is 21.8 Å². The Labute approximate surface area is 194 Å². The van der Waals surface area contributed by atoms with Gasteiger partial charge >= 0.3 is 7.12 Å². The van der Waals surface area contributed by atoms with Crippen molar-refractivity contribution in [2.45, 2.75) is 51.4 Å². The average Bonchev–Trinajstić information content (AvgIpc) is 3.00. The zero-order valence-electron chi connectivity index (χ0n) is 19.4. The van der Waals surface area contributed by atoms with Gasteiger partial charge in [-0.2, -0.15) is 0 Å². The molecule has 3 aromatic carbocycles. The Bertz CT molecular complexity index is 1170. The number of hydrogen-bond acceptors (Lipinski definition) is 4. The highest BCUT2D eigenvalue weighted by atomic mass is 16.7. The predicted molar refractivity (Wildman–Crippen MR) is 130 cm³/mol. The summed E-state index contributed by atoms with van der Waals surface area (Å²) in [5.74, 6) is -0.914. The van der Waals surface area contributed by atoms with Crippen molar-refractivity contribution >= 4 is 35.2 Å². The summed E-state index contributed by atoms with van der Waals surface area (Å²) in [6, 6.07) is 20.0. The van der Waals surface area contributed by atoms with Gasteiger partial charge < -0.3 is 20.4 Å². The summed E-state index contributed by atoms with van der Waals surface area (Å²) in [7, 11) is -0.456. The smallest absolute Gasteiger partial charge is 0.399 e. The number of hydrogen-bond donors (Lipinski definition) is 2. The van der Waals surface area contributed by atoms with Crippen molar-refractivity contribution in [2.24, 2.45) is 5.73 Å². The van der Waals surface area contributed by atoms with Crippen LogP contribution in [0.15, 0.2) is 66.7 Å². The van der Waals surface area contributed by atoms with E-state index in [1.54, 1.807) is 6.07 Å². The first-order valence-corrected chi connectivity index (χ1v) is 11.1. The molecular weight excluding hydrogens is 415 g/mol. The molecule has 1 aliphatic rings. The average molecular weight is 444 g/mol. The number of carbonyl (C=O) groups excluding carboxylic acids is 2. The summed E-state index contributed by atoms with van der Waals surface area (Å²) in [6.45, 7) is 8.05. The van der Waals surface area contributed by atoms with E-state index in [4.69, 9.17) is 15.0 Å². The molecule has 0 bridgehead atoms. The second kappa shape index (κ2) is 8.65. The van der Waals surface area contributed by atoms with E-state index in [0.29, 0.717) is 5.56 Å². The Morgan fingerprint density at radius 2 is 1.52 bits per heavy atom. The van der Waals surface area contributed by atoms with Crippen LogP contribution in [0.4, 0.5) is 0 Å². The number of rotatable bonds is 6. The zero-order valence-corrected chi connectivity index (χ0v) is 19.4. The topological polar surface area (TPSA) is 90.6 Å².